The van der Waals surface area contributed by atoms with Crippen molar-refractivity contribution >= 4 is 17.4 Å². The topological polar surface area (TPSA) is 50.6 Å². The van der Waals surface area contributed by atoms with E-state index < -0.39 is 6.43 Å². The number of benzene rings is 1. The van der Waals surface area contributed by atoms with Crippen LogP contribution in [0.2, 0.25) is 0 Å². The van der Waals surface area contributed by atoms with Gasteiger partial charge in [0.25, 0.3) is 6.43 Å². The minimum Gasteiger partial charge on any atom is -0.490 e. The molecule has 0 aliphatic carbocycles. The quantitative estimate of drug-likeness (QED) is 0.621. The predicted molar refractivity (Wildman–Crippen MR) is 120 cm³/mol. The van der Waals surface area contributed by atoms with Crippen molar-refractivity contribution in [2.24, 2.45) is 0 Å². The smallest absolute Gasteiger partial charge is 0.264 e. The van der Waals surface area contributed by atoms with Gasteiger partial charge < -0.3 is 19.1 Å². The first kappa shape index (κ1) is 22.6. The molecule has 0 N–H and O–H groups in total. The number of fused-ring (bicyclic) bond motifs is 2. The van der Waals surface area contributed by atoms with Gasteiger partial charge in [0.1, 0.15) is 18.2 Å². The third-order valence-electron chi connectivity index (χ3n) is 6.64. The normalized spacial score (nSPS) is 16.8. The molecule has 2 aromatic rings. The zero-order chi connectivity index (χ0) is 23.2. The van der Waals surface area contributed by atoms with Crippen LogP contribution >= 0.6 is 0 Å². The van der Waals surface area contributed by atoms with E-state index in [1.807, 2.05) is 23.6 Å². The lowest BCUT2D eigenvalue weighted by molar-refractivity contribution is -0.130. The van der Waals surface area contributed by atoms with E-state index in [4.69, 9.17) is 9.72 Å². The maximum Gasteiger partial charge on any atom is 0.264 e. The molecule has 8 heteroatoms. The van der Waals surface area contributed by atoms with Crippen LogP contribution in [0.4, 0.5) is 20.3 Å². The number of amides is 1. The summed E-state index contributed by atoms with van der Waals surface area (Å²) in [6.07, 6.45) is -1.79. The summed E-state index contributed by atoms with van der Waals surface area (Å²) < 4.78 is 36.2. The molecule has 6 nitrogen and oxygen atoms in total. The van der Waals surface area contributed by atoms with Crippen LogP contribution < -0.4 is 9.64 Å². The lowest BCUT2D eigenvalue weighted by Gasteiger charge is -2.34. The van der Waals surface area contributed by atoms with Gasteiger partial charge >= 0.3 is 0 Å². The fourth-order valence-corrected chi connectivity index (χ4v) is 4.65. The van der Waals surface area contributed by atoms with Gasteiger partial charge in [-0.3, -0.25) is 4.79 Å². The Morgan fingerprint density at radius 1 is 1.16 bits per heavy atom. The van der Waals surface area contributed by atoms with Crippen LogP contribution in [0.15, 0.2) is 12.1 Å². The monoisotopic (exact) mass is 446 g/mol. The molecule has 0 saturated heterocycles. The number of rotatable bonds is 5. The maximum atomic E-state index is 14.0. The molecule has 2 aliphatic rings. The third kappa shape index (κ3) is 3.84. The fourth-order valence-electron chi connectivity index (χ4n) is 4.65. The standard InChI is InChI=1S/C24H32F2N4O2/c1-6-15(4)17-12-21-19(11-18(17)22(25)26)30(9-10-32-21)24-20-13-28(16(5)31)7-8-29(20)23(27-24)14(2)3/h11-12,14-15,22H,6-10,13H2,1-5H3. The minimum atomic E-state index is -2.57. The Bertz CT molecular complexity index is 1020. The van der Waals surface area contributed by atoms with Gasteiger partial charge in [-0.2, -0.15) is 0 Å². The van der Waals surface area contributed by atoms with Crippen LogP contribution in [0.3, 0.4) is 0 Å². The molecular formula is C24H32F2N4O2. The average Bonchev–Trinajstić information content (AvgIpc) is 3.16. The minimum absolute atomic E-state index is 0.0142. The SMILES string of the molecule is CCC(C)c1cc2c(cc1C(F)F)N(c1nc(C(C)C)n3c1CN(C(C)=O)CC3)CCO2. The van der Waals surface area contributed by atoms with E-state index in [1.54, 1.807) is 19.1 Å². The molecule has 0 saturated carbocycles. The summed E-state index contributed by atoms with van der Waals surface area (Å²) in [5, 5.41) is 0. The number of aromatic nitrogens is 2. The average molecular weight is 447 g/mol. The first-order valence-electron chi connectivity index (χ1n) is 11.4. The van der Waals surface area contributed by atoms with Crippen molar-refractivity contribution < 1.29 is 18.3 Å². The van der Waals surface area contributed by atoms with Gasteiger partial charge in [-0.05, 0) is 30.0 Å². The van der Waals surface area contributed by atoms with E-state index in [0.29, 0.717) is 49.8 Å². The third-order valence-corrected chi connectivity index (χ3v) is 6.64. The van der Waals surface area contributed by atoms with Crippen LogP contribution in [-0.4, -0.2) is 40.1 Å². The Labute approximate surface area is 188 Å². The molecule has 1 atom stereocenters. The van der Waals surface area contributed by atoms with Crippen molar-refractivity contribution in [1.82, 2.24) is 14.5 Å². The Morgan fingerprint density at radius 3 is 2.53 bits per heavy atom. The molecule has 3 heterocycles. The predicted octanol–water partition coefficient (Wildman–Crippen LogP) is 5.35. The van der Waals surface area contributed by atoms with E-state index in [0.717, 1.165) is 23.8 Å². The number of alkyl halides is 2. The molecule has 1 aromatic carbocycles. The van der Waals surface area contributed by atoms with Gasteiger partial charge in [-0.15, -0.1) is 0 Å². The van der Waals surface area contributed by atoms with Gasteiger partial charge in [0.15, 0.2) is 5.82 Å². The van der Waals surface area contributed by atoms with E-state index in [9.17, 15) is 13.6 Å². The molecule has 0 radical (unpaired) electrons. The van der Waals surface area contributed by atoms with Crippen molar-refractivity contribution in [3.05, 3.63) is 34.8 Å². The second-order valence-electron chi connectivity index (χ2n) is 9.05. The summed E-state index contributed by atoms with van der Waals surface area (Å²) in [5.74, 6) is 2.55. The first-order chi connectivity index (χ1) is 15.2. The molecule has 1 amide bonds. The highest BCUT2D eigenvalue weighted by molar-refractivity contribution is 5.75. The van der Waals surface area contributed by atoms with Crippen molar-refractivity contribution in [3.63, 3.8) is 0 Å². The first-order valence-corrected chi connectivity index (χ1v) is 11.4. The molecule has 32 heavy (non-hydrogen) atoms. The molecule has 174 valence electrons. The Hall–Kier alpha value is -2.64. The molecule has 2 aliphatic heterocycles. The highest BCUT2D eigenvalue weighted by Crippen LogP contribution is 2.44. The number of nitrogens with zero attached hydrogens (tertiary/aromatic N) is 4. The summed E-state index contributed by atoms with van der Waals surface area (Å²) >= 11 is 0. The zero-order valence-electron chi connectivity index (χ0n) is 19.5. The number of ether oxygens (including phenoxy) is 1. The fraction of sp³-hybridized carbons (Fsp3) is 0.583. The van der Waals surface area contributed by atoms with Gasteiger partial charge in [-0.1, -0.05) is 27.7 Å². The van der Waals surface area contributed by atoms with E-state index >= 15 is 0 Å². The summed E-state index contributed by atoms with van der Waals surface area (Å²) in [6, 6.07) is 3.36. The number of carbonyl (C=O) groups excluding carboxylic acids is 1. The van der Waals surface area contributed by atoms with E-state index in [-0.39, 0.29) is 23.3 Å². The largest absolute Gasteiger partial charge is 0.490 e. The molecule has 4 rings (SSSR count). The summed E-state index contributed by atoms with van der Waals surface area (Å²) in [4.78, 5) is 20.8. The van der Waals surface area contributed by atoms with Crippen LogP contribution in [0, 0.1) is 0 Å². The number of hydrogen-bond acceptors (Lipinski definition) is 4. The Morgan fingerprint density at radius 2 is 1.91 bits per heavy atom. The van der Waals surface area contributed by atoms with E-state index in [2.05, 4.69) is 18.4 Å². The van der Waals surface area contributed by atoms with Crippen molar-refractivity contribution in [2.45, 2.75) is 72.4 Å². The zero-order valence-corrected chi connectivity index (χ0v) is 19.5. The summed E-state index contributed by atoms with van der Waals surface area (Å²) in [7, 11) is 0. The Kier molecular flexibility index (Phi) is 6.14. The highest BCUT2D eigenvalue weighted by Gasteiger charge is 2.33. The Balaban J connectivity index is 1.85. The number of anilines is 2. The van der Waals surface area contributed by atoms with Crippen molar-refractivity contribution in [3.8, 4) is 5.75 Å². The number of carbonyl (C=O) groups is 1. The number of hydrogen-bond donors (Lipinski definition) is 0. The second kappa shape index (κ2) is 8.71. The van der Waals surface area contributed by atoms with Gasteiger partial charge in [0.05, 0.1) is 24.5 Å². The lowest BCUT2D eigenvalue weighted by atomic mass is 9.92. The van der Waals surface area contributed by atoms with Crippen LogP contribution in [0.5, 0.6) is 5.75 Å². The molecule has 0 spiro atoms. The lowest BCUT2D eigenvalue weighted by Crippen LogP contribution is -2.38. The summed E-state index contributed by atoms with van der Waals surface area (Å²) in [5.41, 5.74) is 2.26. The number of imidazole rings is 1. The summed E-state index contributed by atoms with van der Waals surface area (Å²) in [6.45, 7) is 12.5. The molecule has 1 unspecified atom stereocenters. The van der Waals surface area contributed by atoms with Crippen molar-refractivity contribution in [1.29, 1.82) is 0 Å². The molecule has 1 aromatic heterocycles. The van der Waals surface area contributed by atoms with Crippen molar-refractivity contribution in [2.75, 3.05) is 24.6 Å². The second-order valence-corrected chi connectivity index (χ2v) is 9.05. The van der Waals surface area contributed by atoms with Crippen LogP contribution in [0.25, 0.3) is 0 Å². The van der Waals surface area contributed by atoms with Gasteiger partial charge in [0.2, 0.25) is 5.91 Å². The molecule has 0 bridgehead atoms. The van der Waals surface area contributed by atoms with Gasteiger partial charge in [0, 0.05) is 31.5 Å². The van der Waals surface area contributed by atoms with E-state index in [1.165, 1.54) is 0 Å². The van der Waals surface area contributed by atoms with Crippen LogP contribution in [0.1, 0.15) is 81.9 Å². The number of halogens is 2. The van der Waals surface area contributed by atoms with Crippen LogP contribution in [-0.2, 0) is 17.9 Å². The molecule has 0 fully saturated rings. The highest BCUT2D eigenvalue weighted by atomic mass is 19.3. The molecular weight excluding hydrogens is 414 g/mol. The maximum absolute atomic E-state index is 14.0. The van der Waals surface area contributed by atoms with Gasteiger partial charge in [-0.25, -0.2) is 13.8 Å².